The third-order valence-electron chi connectivity index (χ3n) is 5.18. The fourth-order valence-corrected chi connectivity index (χ4v) is 4.88. The number of piperidine rings is 1. The van der Waals surface area contributed by atoms with Gasteiger partial charge in [0.15, 0.2) is 0 Å². The molecule has 1 aromatic heterocycles. The number of carbonyl (C=O) groups is 1. The molecule has 0 spiro atoms. The van der Waals surface area contributed by atoms with E-state index in [9.17, 15) is 4.79 Å². The van der Waals surface area contributed by atoms with Crippen molar-refractivity contribution >= 4 is 27.3 Å². The van der Waals surface area contributed by atoms with Gasteiger partial charge in [0.25, 0.3) is 5.91 Å². The summed E-state index contributed by atoms with van der Waals surface area (Å²) in [5.74, 6) is 0.199. The van der Waals surface area contributed by atoms with E-state index in [1.54, 1.807) is 11.3 Å². The Morgan fingerprint density at radius 3 is 2.75 bits per heavy atom. The van der Waals surface area contributed by atoms with Crippen LogP contribution in [-0.4, -0.2) is 60.6 Å². The lowest BCUT2D eigenvalue weighted by Gasteiger charge is -2.41. The van der Waals surface area contributed by atoms with E-state index in [0.29, 0.717) is 12.1 Å². The molecule has 2 saturated heterocycles. The topological polar surface area (TPSA) is 32.8 Å². The van der Waals surface area contributed by atoms with Crippen molar-refractivity contribution in [3.05, 3.63) is 35.2 Å². The Labute approximate surface area is 147 Å². The average Bonchev–Trinajstić information content (AvgIpc) is 3.05. The summed E-state index contributed by atoms with van der Waals surface area (Å²) >= 11 is 1.61. The molecule has 0 N–H and O–H groups in total. The molecule has 3 heterocycles. The highest BCUT2D eigenvalue weighted by Crippen LogP contribution is 2.28. The molecule has 128 valence electrons. The van der Waals surface area contributed by atoms with Crippen LogP contribution in [0.1, 0.15) is 29.4 Å². The van der Waals surface area contributed by atoms with Crippen LogP contribution < -0.4 is 0 Å². The number of morpholine rings is 1. The Morgan fingerprint density at radius 1 is 1.21 bits per heavy atom. The van der Waals surface area contributed by atoms with Crippen LogP contribution in [0.3, 0.4) is 0 Å². The maximum atomic E-state index is 12.8. The van der Waals surface area contributed by atoms with Crippen LogP contribution in [0.5, 0.6) is 0 Å². The molecule has 0 bridgehead atoms. The highest BCUT2D eigenvalue weighted by atomic mass is 32.1. The molecule has 2 aliphatic heterocycles. The van der Waals surface area contributed by atoms with Crippen molar-refractivity contribution in [3.63, 3.8) is 0 Å². The number of amides is 1. The van der Waals surface area contributed by atoms with Crippen LogP contribution in [0.15, 0.2) is 30.3 Å². The van der Waals surface area contributed by atoms with Crippen molar-refractivity contribution in [2.24, 2.45) is 0 Å². The van der Waals surface area contributed by atoms with Gasteiger partial charge in [-0.3, -0.25) is 9.69 Å². The quantitative estimate of drug-likeness (QED) is 0.838. The third-order valence-corrected chi connectivity index (χ3v) is 6.28. The van der Waals surface area contributed by atoms with Crippen molar-refractivity contribution in [2.45, 2.75) is 31.9 Å². The zero-order valence-corrected chi connectivity index (χ0v) is 14.9. The van der Waals surface area contributed by atoms with Crippen molar-refractivity contribution in [1.29, 1.82) is 0 Å². The third kappa shape index (κ3) is 3.21. The zero-order chi connectivity index (χ0) is 16.5. The number of benzene rings is 1. The molecule has 1 atom stereocenters. The van der Waals surface area contributed by atoms with Crippen molar-refractivity contribution in [3.8, 4) is 0 Å². The van der Waals surface area contributed by atoms with Gasteiger partial charge in [-0.25, -0.2) is 0 Å². The van der Waals surface area contributed by atoms with E-state index in [1.165, 1.54) is 10.1 Å². The second-order valence-electron chi connectivity index (χ2n) is 6.85. The molecule has 4 rings (SSSR count). The summed E-state index contributed by atoms with van der Waals surface area (Å²) in [6.45, 7) is 6.76. The molecule has 1 aromatic carbocycles. The Kier molecular flexibility index (Phi) is 4.57. The number of ether oxygens (including phenoxy) is 1. The van der Waals surface area contributed by atoms with Crippen LogP contribution in [0.4, 0.5) is 0 Å². The lowest BCUT2D eigenvalue weighted by atomic mass is 10.0. The molecule has 0 unspecified atom stereocenters. The molecule has 1 amide bonds. The van der Waals surface area contributed by atoms with Crippen LogP contribution in [0.25, 0.3) is 10.1 Å². The lowest BCUT2D eigenvalue weighted by Crippen LogP contribution is -2.51. The molecule has 2 fully saturated rings. The maximum Gasteiger partial charge on any atom is 0.263 e. The van der Waals surface area contributed by atoms with E-state index in [0.717, 1.165) is 50.5 Å². The molecular weight excluding hydrogens is 320 g/mol. The highest BCUT2D eigenvalue weighted by molar-refractivity contribution is 7.20. The lowest BCUT2D eigenvalue weighted by molar-refractivity contribution is -0.0423. The van der Waals surface area contributed by atoms with E-state index in [-0.39, 0.29) is 5.91 Å². The molecule has 0 radical (unpaired) electrons. The molecule has 5 heteroatoms. The van der Waals surface area contributed by atoms with Gasteiger partial charge in [0.2, 0.25) is 0 Å². The maximum absolute atomic E-state index is 12.8. The molecule has 0 saturated carbocycles. The van der Waals surface area contributed by atoms with Crippen LogP contribution >= 0.6 is 11.3 Å². The minimum absolute atomic E-state index is 0.199. The number of likely N-dealkylation sites (tertiary alicyclic amines) is 1. The minimum Gasteiger partial charge on any atom is -0.376 e. The summed E-state index contributed by atoms with van der Waals surface area (Å²) in [5, 5.41) is 1.17. The first-order valence-electron chi connectivity index (χ1n) is 8.84. The molecule has 2 aliphatic rings. The summed E-state index contributed by atoms with van der Waals surface area (Å²) in [4.78, 5) is 18.3. The fraction of sp³-hybridized carbons (Fsp3) is 0.526. The zero-order valence-electron chi connectivity index (χ0n) is 14.1. The number of hydrogen-bond donors (Lipinski definition) is 0. The first-order valence-corrected chi connectivity index (χ1v) is 9.66. The number of nitrogens with zero attached hydrogens (tertiary/aromatic N) is 2. The van der Waals surface area contributed by atoms with Crippen LogP contribution in [0, 0.1) is 0 Å². The van der Waals surface area contributed by atoms with Gasteiger partial charge in [-0.1, -0.05) is 18.2 Å². The van der Waals surface area contributed by atoms with Crippen LogP contribution in [0.2, 0.25) is 0 Å². The number of carbonyl (C=O) groups excluding carboxylic acids is 1. The largest absolute Gasteiger partial charge is 0.376 e. The van der Waals surface area contributed by atoms with Gasteiger partial charge in [-0.2, -0.15) is 0 Å². The fourth-order valence-electron chi connectivity index (χ4n) is 3.85. The highest BCUT2D eigenvalue weighted by Gasteiger charge is 2.30. The Bertz CT molecular complexity index is 688. The van der Waals surface area contributed by atoms with Gasteiger partial charge in [-0.05, 0) is 37.3 Å². The van der Waals surface area contributed by atoms with Gasteiger partial charge in [0.1, 0.15) is 0 Å². The number of rotatable bonds is 2. The predicted octanol–water partition coefficient (Wildman–Crippen LogP) is 3.23. The first-order chi connectivity index (χ1) is 11.7. The summed E-state index contributed by atoms with van der Waals surface area (Å²) in [7, 11) is 0. The SMILES string of the molecule is C[C@@H]1CN(C2CCN(C(=O)c3cc4ccccc4s3)CC2)CCO1. The smallest absolute Gasteiger partial charge is 0.263 e. The van der Waals surface area contributed by atoms with Gasteiger partial charge < -0.3 is 9.64 Å². The number of hydrogen-bond acceptors (Lipinski definition) is 4. The van der Waals surface area contributed by atoms with Gasteiger partial charge in [0, 0.05) is 36.9 Å². The second kappa shape index (κ2) is 6.82. The molecule has 24 heavy (non-hydrogen) atoms. The van der Waals surface area contributed by atoms with Crippen LogP contribution in [-0.2, 0) is 4.74 Å². The van der Waals surface area contributed by atoms with Crippen molar-refractivity contribution < 1.29 is 9.53 Å². The molecule has 2 aromatic rings. The summed E-state index contributed by atoms with van der Waals surface area (Å²) in [5.41, 5.74) is 0. The summed E-state index contributed by atoms with van der Waals surface area (Å²) in [6, 6.07) is 10.9. The van der Waals surface area contributed by atoms with E-state index in [1.807, 2.05) is 23.1 Å². The first kappa shape index (κ1) is 16.1. The Hall–Kier alpha value is -1.43. The predicted molar refractivity (Wildman–Crippen MR) is 97.7 cm³/mol. The second-order valence-corrected chi connectivity index (χ2v) is 7.93. The minimum atomic E-state index is 0.199. The average molecular weight is 344 g/mol. The van der Waals surface area contributed by atoms with E-state index < -0.39 is 0 Å². The van der Waals surface area contributed by atoms with E-state index in [2.05, 4.69) is 24.0 Å². The molecule has 4 nitrogen and oxygen atoms in total. The monoisotopic (exact) mass is 344 g/mol. The number of fused-ring (bicyclic) bond motifs is 1. The Balaban J connectivity index is 1.39. The van der Waals surface area contributed by atoms with Gasteiger partial charge in [-0.15, -0.1) is 11.3 Å². The van der Waals surface area contributed by atoms with E-state index in [4.69, 9.17) is 4.74 Å². The number of thiophene rings is 1. The van der Waals surface area contributed by atoms with Gasteiger partial charge in [0.05, 0.1) is 17.6 Å². The molecule has 0 aliphatic carbocycles. The standard InChI is InChI=1S/C19H24N2O2S/c1-14-13-21(10-11-23-14)16-6-8-20(9-7-16)19(22)18-12-15-4-2-3-5-17(15)24-18/h2-5,12,14,16H,6-11,13H2,1H3/t14-/m1/s1. The summed E-state index contributed by atoms with van der Waals surface area (Å²) < 4.78 is 6.83. The van der Waals surface area contributed by atoms with Crippen molar-refractivity contribution in [2.75, 3.05) is 32.8 Å². The van der Waals surface area contributed by atoms with E-state index >= 15 is 0 Å². The Morgan fingerprint density at radius 2 is 2.00 bits per heavy atom. The normalized spacial score (nSPS) is 23.7. The van der Waals surface area contributed by atoms with Crippen molar-refractivity contribution in [1.82, 2.24) is 9.80 Å². The summed E-state index contributed by atoms with van der Waals surface area (Å²) in [6.07, 6.45) is 2.48. The molecular formula is C19H24N2O2S. The van der Waals surface area contributed by atoms with Gasteiger partial charge >= 0.3 is 0 Å².